The molecule has 2 aliphatic rings. The number of hydrogen-bond acceptors (Lipinski definition) is 3. The van der Waals surface area contributed by atoms with E-state index in [-0.39, 0.29) is 30.2 Å². The topological polar surface area (TPSA) is 70.8 Å². The molecule has 5 nitrogen and oxygen atoms in total. The van der Waals surface area contributed by atoms with E-state index < -0.39 is 5.97 Å². The molecule has 1 aliphatic heterocycles. The Morgan fingerprint density at radius 3 is 2.79 bits per heavy atom. The van der Waals surface area contributed by atoms with E-state index in [1.807, 2.05) is 36.4 Å². The highest BCUT2D eigenvalue weighted by Crippen LogP contribution is 2.50. The minimum Gasteiger partial charge on any atom is -0.481 e. The maximum absolute atomic E-state index is 13.0. The number of furan rings is 1. The molecule has 24 heavy (non-hydrogen) atoms. The van der Waals surface area contributed by atoms with Gasteiger partial charge in [-0.15, -0.1) is 0 Å². The summed E-state index contributed by atoms with van der Waals surface area (Å²) >= 11 is 0. The van der Waals surface area contributed by atoms with Crippen molar-refractivity contribution in [3.05, 3.63) is 59.5 Å². The second kappa shape index (κ2) is 5.82. The second-order valence-corrected chi connectivity index (χ2v) is 6.56. The fraction of sp³-hybridized carbons (Fsp3) is 0.368. The number of hydrogen-bond donors (Lipinski definition) is 1. The van der Waals surface area contributed by atoms with Gasteiger partial charge in [-0.2, -0.15) is 0 Å². The number of carboxylic acids is 1. The van der Waals surface area contributed by atoms with Crippen LogP contribution in [0.1, 0.15) is 41.7 Å². The van der Waals surface area contributed by atoms with Crippen molar-refractivity contribution < 1.29 is 19.1 Å². The van der Waals surface area contributed by atoms with Crippen LogP contribution in [0.5, 0.6) is 0 Å². The molecule has 0 bridgehead atoms. The van der Waals surface area contributed by atoms with E-state index >= 15 is 0 Å². The molecular weight excluding hydrogens is 306 g/mol. The zero-order valence-corrected chi connectivity index (χ0v) is 13.2. The van der Waals surface area contributed by atoms with Crippen molar-refractivity contribution in [2.24, 2.45) is 5.92 Å². The molecule has 1 amide bonds. The van der Waals surface area contributed by atoms with Crippen LogP contribution in [0.15, 0.2) is 47.1 Å². The molecule has 1 N–H and O–H groups in total. The molecule has 4 rings (SSSR count). The minimum absolute atomic E-state index is 0.0529. The van der Waals surface area contributed by atoms with Crippen molar-refractivity contribution in [2.45, 2.75) is 31.2 Å². The second-order valence-electron chi connectivity index (χ2n) is 6.56. The first-order chi connectivity index (χ1) is 11.6. The Balaban J connectivity index is 1.58. The monoisotopic (exact) mass is 325 g/mol. The Kier molecular flexibility index (Phi) is 3.63. The van der Waals surface area contributed by atoms with Gasteiger partial charge in [-0.25, -0.2) is 0 Å². The maximum atomic E-state index is 13.0. The van der Waals surface area contributed by atoms with Crippen molar-refractivity contribution in [1.29, 1.82) is 0 Å². The van der Waals surface area contributed by atoms with Gasteiger partial charge in [0.05, 0.1) is 18.7 Å². The Morgan fingerprint density at radius 2 is 2.04 bits per heavy atom. The fourth-order valence-corrected chi connectivity index (χ4v) is 3.80. The van der Waals surface area contributed by atoms with Crippen molar-refractivity contribution in [2.75, 3.05) is 6.54 Å². The molecule has 1 aromatic carbocycles. The van der Waals surface area contributed by atoms with Crippen LogP contribution in [0.4, 0.5) is 0 Å². The molecule has 124 valence electrons. The van der Waals surface area contributed by atoms with Gasteiger partial charge in [0.1, 0.15) is 5.76 Å². The average molecular weight is 325 g/mol. The van der Waals surface area contributed by atoms with E-state index in [0.29, 0.717) is 6.54 Å². The number of benzene rings is 1. The number of carbonyl (C=O) groups excluding carboxylic acids is 1. The highest BCUT2D eigenvalue weighted by molar-refractivity contribution is 5.84. The number of aliphatic carboxylic acids is 1. The van der Waals surface area contributed by atoms with Gasteiger partial charge in [-0.05, 0) is 36.1 Å². The Labute approximate surface area is 139 Å². The lowest BCUT2D eigenvalue weighted by Crippen LogP contribution is -2.42. The van der Waals surface area contributed by atoms with Gasteiger partial charge in [-0.3, -0.25) is 9.59 Å². The van der Waals surface area contributed by atoms with Gasteiger partial charge < -0.3 is 14.4 Å². The van der Waals surface area contributed by atoms with Gasteiger partial charge in [0.25, 0.3) is 0 Å². The summed E-state index contributed by atoms with van der Waals surface area (Å²) < 4.78 is 5.41. The lowest BCUT2D eigenvalue weighted by atomic mass is 9.90. The normalized spacial score (nSPS) is 25.2. The third-order valence-corrected chi connectivity index (χ3v) is 5.08. The van der Waals surface area contributed by atoms with Gasteiger partial charge in [0, 0.05) is 18.4 Å². The number of carboxylic acid groups (broad SMARTS) is 1. The van der Waals surface area contributed by atoms with Gasteiger partial charge >= 0.3 is 5.97 Å². The molecule has 2 aromatic rings. The molecule has 3 atom stereocenters. The van der Waals surface area contributed by atoms with Crippen molar-refractivity contribution in [3.8, 4) is 0 Å². The van der Waals surface area contributed by atoms with Crippen LogP contribution in [0.2, 0.25) is 0 Å². The first-order valence-electron chi connectivity index (χ1n) is 8.28. The number of nitrogens with zero attached hydrogens (tertiary/aromatic N) is 1. The molecule has 0 saturated heterocycles. The molecule has 1 fully saturated rings. The number of carbonyl (C=O) groups is 2. The summed E-state index contributed by atoms with van der Waals surface area (Å²) in [7, 11) is 0. The van der Waals surface area contributed by atoms with E-state index in [1.54, 1.807) is 11.2 Å². The van der Waals surface area contributed by atoms with E-state index in [2.05, 4.69) is 0 Å². The molecule has 1 aromatic heterocycles. The summed E-state index contributed by atoms with van der Waals surface area (Å²) in [5.74, 6) is 0.0680. The number of amides is 1. The molecule has 0 unspecified atom stereocenters. The molecule has 2 heterocycles. The largest absolute Gasteiger partial charge is 0.481 e. The Morgan fingerprint density at radius 1 is 1.21 bits per heavy atom. The van der Waals surface area contributed by atoms with Crippen molar-refractivity contribution in [3.63, 3.8) is 0 Å². The van der Waals surface area contributed by atoms with Gasteiger partial charge in [0.2, 0.25) is 5.91 Å². The summed E-state index contributed by atoms with van der Waals surface area (Å²) in [5, 5.41) is 9.29. The third-order valence-electron chi connectivity index (χ3n) is 5.08. The maximum Gasteiger partial charge on any atom is 0.305 e. The van der Waals surface area contributed by atoms with Crippen LogP contribution in [-0.4, -0.2) is 28.4 Å². The smallest absolute Gasteiger partial charge is 0.305 e. The van der Waals surface area contributed by atoms with Crippen LogP contribution in [0.25, 0.3) is 0 Å². The van der Waals surface area contributed by atoms with E-state index in [1.165, 1.54) is 0 Å². The van der Waals surface area contributed by atoms with E-state index in [4.69, 9.17) is 4.42 Å². The molecule has 1 saturated carbocycles. The van der Waals surface area contributed by atoms with Crippen LogP contribution in [-0.2, 0) is 16.0 Å². The minimum atomic E-state index is -0.882. The van der Waals surface area contributed by atoms with Crippen LogP contribution >= 0.6 is 0 Å². The lowest BCUT2D eigenvalue weighted by Gasteiger charge is -2.37. The van der Waals surface area contributed by atoms with Crippen molar-refractivity contribution in [1.82, 2.24) is 4.90 Å². The summed E-state index contributed by atoms with van der Waals surface area (Å²) in [5.41, 5.74) is 2.11. The lowest BCUT2D eigenvalue weighted by molar-refractivity contribution is -0.142. The molecular formula is C19H19NO4. The van der Waals surface area contributed by atoms with Gasteiger partial charge in [-0.1, -0.05) is 24.3 Å². The first-order valence-corrected chi connectivity index (χ1v) is 8.28. The predicted octanol–water partition coefficient (Wildman–Crippen LogP) is 2.98. The van der Waals surface area contributed by atoms with Crippen LogP contribution in [0, 0.1) is 5.92 Å². The number of fused-ring (bicyclic) bond motifs is 1. The first kappa shape index (κ1) is 15.0. The SMILES string of the molecule is O=C(O)C[C@@H]1c2ccccc2CCN1C(=O)[C@@H]1C[C@H]1c1ccco1. The van der Waals surface area contributed by atoms with Crippen molar-refractivity contribution >= 4 is 11.9 Å². The molecule has 0 radical (unpaired) electrons. The highest BCUT2D eigenvalue weighted by atomic mass is 16.4. The standard InChI is InChI=1S/C19H19NO4/c21-18(22)11-16-13-5-2-1-4-12(13)7-8-20(16)19(23)15-10-14(15)17-6-3-9-24-17/h1-6,9,14-16H,7-8,10-11H2,(H,21,22)/t14-,15-,16-/m1/s1. The zero-order chi connectivity index (χ0) is 16.7. The molecule has 0 spiro atoms. The zero-order valence-electron chi connectivity index (χ0n) is 13.2. The Bertz CT molecular complexity index is 767. The molecule has 5 heteroatoms. The summed E-state index contributed by atoms with van der Waals surface area (Å²) in [6.45, 7) is 0.579. The average Bonchev–Trinajstić information content (AvgIpc) is 3.19. The van der Waals surface area contributed by atoms with E-state index in [0.717, 1.165) is 29.7 Å². The summed E-state index contributed by atoms with van der Waals surface area (Å²) in [6.07, 6.45) is 3.13. The molecule has 1 aliphatic carbocycles. The number of rotatable bonds is 4. The summed E-state index contributed by atoms with van der Waals surface area (Å²) in [6, 6.07) is 11.2. The predicted molar refractivity (Wildman–Crippen MR) is 86.4 cm³/mol. The quantitative estimate of drug-likeness (QED) is 0.938. The summed E-state index contributed by atoms with van der Waals surface area (Å²) in [4.78, 5) is 26.1. The Hall–Kier alpha value is -2.56. The van der Waals surface area contributed by atoms with Crippen LogP contribution < -0.4 is 0 Å². The highest BCUT2D eigenvalue weighted by Gasteiger charge is 2.49. The van der Waals surface area contributed by atoms with Crippen LogP contribution in [0.3, 0.4) is 0 Å². The van der Waals surface area contributed by atoms with E-state index in [9.17, 15) is 14.7 Å². The van der Waals surface area contributed by atoms with Gasteiger partial charge in [0.15, 0.2) is 0 Å². The fourth-order valence-electron chi connectivity index (χ4n) is 3.80. The third kappa shape index (κ3) is 2.60.